The summed E-state index contributed by atoms with van der Waals surface area (Å²) in [6.45, 7) is -10.8. The number of rotatable bonds is 2. The van der Waals surface area contributed by atoms with Gasteiger partial charge in [-0.2, -0.15) is 13.5 Å². The van der Waals surface area contributed by atoms with Gasteiger partial charge < -0.3 is 39.0 Å². The van der Waals surface area contributed by atoms with Crippen LogP contribution in [0.25, 0.3) is 22.3 Å². The van der Waals surface area contributed by atoms with Gasteiger partial charge in [-0.05, 0) is 29.7 Å². The number of nitrogen functional groups attached to an aromatic ring is 1. The zero-order valence-electron chi connectivity index (χ0n) is 22.1. The molecule has 18 nitrogen and oxygen atoms in total. The van der Waals surface area contributed by atoms with Crippen molar-refractivity contribution in [2.24, 2.45) is 0 Å². The Bertz CT molecular complexity index is 1950. The number of nitrogens with two attached hydrogens (primary N) is 1. The highest BCUT2D eigenvalue weighted by Gasteiger charge is 2.63. The van der Waals surface area contributed by atoms with Crippen LogP contribution in [0.15, 0.2) is 29.7 Å². The third-order valence-electron chi connectivity index (χ3n) is 7.18. The molecule has 0 aliphatic carbocycles. The highest BCUT2D eigenvalue weighted by Crippen LogP contribution is 2.57. The molecule has 2 bridgehead atoms. The van der Waals surface area contributed by atoms with E-state index in [0.717, 1.165) is 12.7 Å². The first-order chi connectivity index (χ1) is 21.3. The number of H-pyrrole nitrogens is 1. The standard InChI is InChI=1S/C20H20F3N9O9P2S2/c21-10-8-3-36-43(35,45)41-14-9(39-19(20(14,22)23)32-16-11(29-30-32)7(24)1-2-25-16)4-37-42(34,44)40-13(10)18(38-8)31-6-28-12-15(31)26-5-27-17(12)33/h1-2,5-6,8-10,13-14,18-19H,3-4H2,(H2,24,25)(H,34,44)(H,35,45)(H,26,27,33)/t8-,9-,10-,13-,14-,18-,19-,42?,43?/m1/s1. The van der Waals surface area contributed by atoms with E-state index in [1.807, 2.05) is 0 Å². The van der Waals surface area contributed by atoms with E-state index in [-0.39, 0.29) is 28.0 Å². The lowest BCUT2D eigenvalue weighted by atomic mass is 10.1. The average Bonchev–Trinajstić information content (AvgIpc) is 3.72. The molecule has 5 N–H and O–H groups in total. The lowest BCUT2D eigenvalue weighted by Crippen LogP contribution is -2.41. The number of pyridine rings is 1. The maximum atomic E-state index is 16.0. The number of hydrogen-bond acceptors (Lipinski definition) is 15. The van der Waals surface area contributed by atoms with Gasteiger partial charge in [0.25, 0.3) is 5.56 Å². The minimum Gasteiger partial charge on any atom is -0.397 e. The summed E-state index contributed by atoms with van der Waals surface area (Å²) < 4.78 is 82.2. The summed E-state index contributed by atoms with van der Waals surface area (Å²) in [5.74, 6) is -4.01. The number of nitrogens with zero attached hydrogens (tertiary/aromatic N) is 7. The highest BCUT2D eigenvalue weighted by molar-refractivity contribution is 8.07. The SMILES string of the molecule is Nc1ccnc2c1nnn2[C@@H]1O[C@@H]2COP(O)(=S)O[C@@H]3[C@H](F)[C@@H](COP(O)(=S)O[C@H]2C1(F)F)O[C@H]3n1cnc2c(=O)[nH]cnc21. The molecule has 3 aliphatic rings. The van der Waals surface area contributed by atoms with Crippen molar-refractivity contribution in [3.05, 3.63) is 35.3 Å². The van der Waals surface area contributed by atoms with Crippen LogP contribution in [-0.2, 0) is 51.2 Å². The van der Waals surface area contributed by atoms with E-state index >= 15 is 13.2 Å². The molecule has 0 amide bonds. The molecular weight excluding hydrogens is 693 g/mol. The van der Waals surface area contributed by atoms with E-state index in [1.54, 1.807) is 0 Å². The largest absolute Gasteiger partial charge is 0.397 e. The molecule has 7 rings (SSSR count). The molecule has 0 radical (unpaired) electrons. The zero-order valence-corrected chi connectivity index (χ0v) is 25.5. The number of nitrogens with one attached hydrogen (secondary N) is 1. The molecule has 7 heterocycles. The van der Waals surface area contributed by atoms with Crippen molar-refractivity contribution in [1.29, 1.82) is 0 Å². The van der Waals surface area contributed by atoms with Crippen molar-refractivity contribution in [1.82, 2.24) is 39.5 Å². The predicted octanol–water partition coefficient (Wildman–Crippen LogP) is 0.561. The molecule has 4 aromatic rings. The minimum atomic E-state index is -4.58. The van der Waals surface area contributed by atoms with Gasteiger partial charge in [0.1, 0.15) is 18.3 Å². The Morgan fingerprint density at radius 2 is 1.78 bits per heavy atom. The first kappa shape index (κ1) is 31.1. The molecule has 3 fully saturated rings. The van der Waals surface area contributed by atoms with E-state index in [0.29, 0.717) is 4.68 Å². The number of imidazole rings is 1. The number of aromatic nitrogens is 8. The fourth-order valence-corrected chi connectivity index (χ4v) is 7.96. The van der Waals surface area contributed by atoms with Crippen molar-refractivity contribution < 1.29 is 50.5 Å². The summed E-state index contributed by atoms with van der Waals surface area (Å²) >= 11 is 10.1. The lowest BCUT2D eigenvalue weighted by Gasteiger charge is -2.28. The van der Waals surface area contributed by atoms with Crippen molar-refractivity contribution in [3.63, 3.8) is 0 Å². The molecule has 45 heavy (non-hydrogen) atoms. The van der Waals surface area contributed by atoms with Gasteiger partial charge in [0, 0.05) is 6.20 Å². The summed E-state index contributed by atoms with van der Waals surface area (Å²) in [6.07, 6.45) is -9.77. The van der Waals surface area contributed by atoms with Gasteiger partial charge in [0.05, 0.1) is 31.6 Å². The Morgan fingerprint density at radius 3 is 2.56 bits per heavy atom. The summed E-state index contributed by atoms with van der Waals surface area (Å²) in [5, 5.41) is 7.50. The van der Waals surface area contributed by atoms with E-state index in [2.05, 4.69) is 30.2 Å². The monoisotopic (exact) mass is 713 g/mol. The highest BCUT2D eigenvalue weighted by atomic mass is 32.5. The van der Waals surface area contributed by atoms with Crippen LogP contribution < -0.4 is 11.3 Å². The van der Waals surface area contributed by atoms with Gasteiger partial charge >= 0.3 is 19.4 Å². The molecule has 3 saturated heterocycles. The van der Waals surface area contributed by atoms with Crippen LogP contribution in [0, 0.1) is 0 Å². The number of ether oxygens (including phenoxy) is 2. The zero-order chi connectivity index (χ0) is 31.9. The van der Waals surface area contributed by atoms with Gasteiger partial charge in [0.2, 0.25) is 6.23 Å². The Labute approximate surface area is 258 Å². The predicted molar refractivity (Wildman–Crippen MR) is 150 cm³/mol. The lowest BCUT2D eigenvalue weighted by molar-refractivity contribution is -0.140. The topological polar surface area (TPSA) is 229 Å². The minimum absolute atomic E-state index is 0.0161. The van der Waals surface area contributed by atoms with Crippen LogP contribution in [0.3, 0.4) is 0 Å². The van der Waals surface area contributed by atoms with Crippen molar-refractivity contribution >= 4 is 65.1 Å². The second-order valence-electron chi connectivity index (χ2n) is 10.00. The third kappa shape index (κ3) is 5.39. The molecule has 25 heteroatoms. The molecule has 0 saturated carbocycles. The number of hydrogen-bond donors (Lipinski definition) is 4. The number of aromatic amines is 1. The van der Waals surface area contributed by atoms with Crippen LogP contribution >= 0.6 is 13.4 Å². The van der Waals surface area contributed by atoms with Gasteiger partial charge in [0.15, 0.2) is 40.8 Å². The molecule has 9 atom stereocenters. The number of halogens is 3. The van der Waals surface area contributed by atoms with Crippen molar-refractivity contribution in [2.75, 3.05) is 18.9 Å². The fourth-order valence-electron chi connectivity index (χ4n) is 5.13. The van der Waals surface area contributed by atoms with E-state index in [4.69, 9.17) is 56.9 Å². The van der Waals surface area contributed by atoms with Crippen molar-refractivity contribution in [3.8, 4) is 0 Å². The van der Waals surface area contributed by atoms with Gasteiger partial charge in [-0.15, -0.1) is 5.10 Å². The molecule has 3 aliphatic heterocycles. The number of alkyl halides is 3. The molecule has 0 spiro atoms. The number of anilines is 1. The summed E-state index contributed by atoms with van der Waals surface area (Å²) in [4.78, 5) is 48.3. The van der Waals surface area contributed by atoms with Gasteiger partial charge in [-0.25, -0.2) is 19.3 Å². The van der Waals surface area contributed by atoms with Crippen molar-refractivity contribution in [2.45, 2.75) is 49.0 Å². The second-order valence-corrected chi connectivity index (χ2v) is 15.6. The molecule has 242 valence electrons. The first-order valence-corrected chi connectivity index (χ1v) is 17.9. The van der Waals surface area contributed by atoms with Gasteiger partial charge in [-0.3, -0.25) is 18.4 Å². The van der Waals surface area contributed by atoms with Gasteiger partial charge in [-0.1, -0.05) is 5.21 Å². The van der Waals surface area contributed by atoms with Crippen LogP contribution in [0.4, 0.5) is 18.9 Å². The maximum Gasteiger partial charge on any atom is 0.325 e. The molecular formula is C20H20F3N9O9P2S2. The summed E-state index contributed by atoms with van der Waals surface area (Å²) in [6, 6.07) is 1.39. The molecule has 0 aromatic carbocycles. The van der Waals surface area contributed by atoms with E-state index < -0.39 is 81.2 Å². The normalized spacial score (nSPS) is 37.2. The Balaban J connectivity index is 1.22. The van der Waals surface area contributed by atoms with Crippen LogP contribution in [0.1, 0.15) is 12.5 Å². The Hall–Kier alpha value is -2.53. The third-order valence-corrected chi connectivity index (χ3v) is 10.3. The van der Waals surface area contributed by atoms with Crippen LogP contribution in [0.2, 0.25) is 0 Å². The van der Waals surface area contributed by atoms with Crippen LogP contribution in [-0.4, -0.2) is 99.0 Å². The molecule has 2 unspecified atom stereocenters. The average molecular weight is 714 g/mol. The first-order valence-electron chi connectivity index (χ1n) is 12.8. The van der Waals surface area contributed by atoms with E-state index in [1.165, 1.54) is 16.8 Å². The Morgan fingerprint density at radius 1 is 1.04 bits per heavy atom. The maximum absolute atomic E-state index is 16.0. The Kier molecular flexibility index (Phi) is 7.62. The smallest absolute Gasteiger partial charge is 0.325 e. The fraction of sp³-hybridized carbons (Fsp3) is 0.500. The second kappa shape index (κ2) is 11.0. The molecule has 4 aromatic heterocycles. The van der Waals surface area contributed by atoms with Crippen LogP contribution in [0.5, 0.6) is 0 Å². The number of fused-ring (bicyclic) bond motifs is 5. The summed E-state index contributed by atoms with van der Waals surface area (Å²) in [5.41, 5.74) is 5.09. The van der Waals surface area contributed by atoms with E-state index in [9.17, 15) is 14.6 Å². The quantitative estimate of drug-likeness (QED) is 0.208. The summed E-state index contributed by atoms with van der Waals surface area (Å²) in [7, 11) is 0.